The predicted octanol–water partition coefficient (Wildman–Crippen LogP) is 4.13. The summed E-state index contributed by atoms with van der Waals surface area (Å²) in [6, 6.07) is 22.0. The Labute approximate surface area is 212 Å². The van der Waals surface area contributed by atoms with Gasteiger partial charge < -0.3 is 15.0 Å². The van der Waals surface area contributed by atoms with Crippen molar-refractivity contribution in [2.45, 2.75) is 13.8 Å². The van der Waals surface area contributed by atoms with Gasteiger partial charge in [-0.2, -0.15) is 0 Å². The van der Waals surface area contributed by atoms with Crippen LogP contribution in [-0.4, -0.2) is 37.8 Å². The van der Waals surface area contributed by atoms with E-state index in [4.69, 9.17) is 4.74 Å². The highest BCUT2D eigenvalue weighted by atomic mass is 16.5. The number of hydrogen-bond donors (Lipinski definition) is 2. The molecule has 2 N–H and O–H groups in total. The maximum absolute atomic E-state index is 13.0. The van der Waals surface area contributed by atoms with Gasteiger partial charge in [0.1, 0.15) is 11.5 Å². The van der Waals surface area contributed by atoms with E-state index in [0.717, 1.165) is 11.1 Å². The number of amides is 1. The number of fused-ring (bicyclic) bond motifs is 1. The zero-order chi connectivity index (χ0) is 26.1. The first-order valence-electron chi connectivity index (χ1n) is 11.7. The quantitative estimate of drug-likeness (QED) is 0.344. The fourth-order valence-corrected chi connectivity index (χ4v) is 4.09. The number of ether oxygens (including phenoxy) is 1. The van der Waals surface area contributed by atoms with Gasteiger partial charge in [-0.05, 0) is 44.2 Å². The lowest BCUT2D eigenvalue weighted by Gasteiger charge is -2.07. The number of imidazole rings is 1. The molecule has 37 heavy (non-hydrogen) atoms. The van der Waals surface area contributed by atoms with Crippen molar-refractivity contribution < 1.29 is 14.3 Å². The maximum atomic E-state index is 13.0. The summed E-state index contributed by atoms with van der Waals surface area (Å²) in [7, 11) is 1.73. The highest BCUT2D eigenvalue weighted by Crippen LogP contribution is 2.22. The van der Waals surface area contributed by atoms with E-state index in [1.165, 1.54) is 4.68 Å². The van der Waals surface area contributed by atoms with E-state index in [1.807, 2.05) is 49.4 Å². The largest absolute Gasteiger partial charge is 0.452 e. The first-order chi connectivity index (χ1) is 17.8. The van der Waals surface area contributed by atoms with Crippen LogP contribution in [0.5, 0.6) is 0 Å². The minimum absolute atomic E-state index is 0.134. The van der Waals surface area contributed by atoms with Crippen LogP contribution < -0.4 is 10.9 Å². The monoisotopic (exact) mass is 495 g/mol. The average Bonchev–Trinajstić information content (AvgIpc) is 3.42. The fourth-order valence-electron chi connectivity index (χ4n) is 4.09. The minimum Gasteiger partial charge on any atom is -0.452 e. The zero-order valence-corrected chi connectivity index (χ0v) is 20.6. The Morgan fingerprint density at radius 2 is 1.73 bits per heavy atom. The van der Waals surface area contributed by atoms with Crippen molar-refractivity contribution in [1.82, 2.24) is 19.3 Å². The Kier molecular flexibility index (Phi) is 6.19. The summed E-state index contributed by atoms with van der Waals surface area (Å²) < 4.78 is 8.33. The minimum atomic E-state index is -0.657. The van der Waals surface area contributed by atoms with Gasteiger partial charge >= 0.3 is 5.97 Å². The predicted molar refractivity (Wildman–Crippen MR) is 141 cm³/mol. The lowest BCUT2D eigenvalue weighted by atomic mass is 10.1. The lowest BCUT2D eigenvalue weighted by molar-refractivity contribution is -0.119. The molecule has 0 saturated carbocycles. The number of hydrogen-bond acceptors (Lipinski definition) is 5. The molecule has 3 aromatic carbocycles. The topological polar surface area (TPSA) is 111 Å². The number of H-pyrrole nitrogens is 1. The number of nitrogens with zero attached hydrogens (tertiary/aromatic N) is 3. The standard InChI is InChI=1S/C28H25N5O4/c1-17-9-11-19(12-10-17)26-29-22-14-13-20(15-23(22)30-26)28(36)37-16-24(34)31-25-18(2)32(3)33(27(25)35)21-7-5-4-6-8-21/h4-15H,16H2,1-3H3,(H,29,30)(H,31,34). The molecule has 5 rings (SSSR count). The van der Waals surface area contributed by atoms with Crippen LogP contribution in [0.1, 0.15) is 21.6 Å². The van der Waals surface area contributed by atoms with E-state index < -0.39 is 18.5 Å². The van der Waals surface area contributed by atoms with Gasteiger partial charge in [-0.25, -0.2) is 14.5 Å². The fraction of sp³-hybridized carbons (Fsp3) is 0.143. The SMILES string of the molecule is Cc1ccc(-c2nc3ccc(C(=O)OCC(=O)Nc4c(C)n(C)n(-c5ccccc5)c4=O)cc3[nH]2)cc1. The smallest absolute Gasteiger partial charge is 0.338 e. The number of carbonyl (C=O) groups is 2. The summed E-state index contributed by atoms with van der Waals surface area (Å²) in [5, 5.41) is 2.58. The van der Waals surface area contributed by atoms with Gasteiger partial charge in [0.15, 0.2) is 6.61 Å². The molecule has 0 spiro atoms. The molecule has 2 heterocycles. The van der Waals surface area contributed by atoms with Crippen LogP contribution in [0, 0.1) is 13.8 Å². The second-order valence-electron chi connectivity index (χ2n) is 8.74. The molecule has 0 aliphatic carbocycles. The molecule has 186 valence electrons. The number of carbonyl (C=O) groups excluding carboxylic acids is 2. The summed E-state index contributed by atoms with van der Waals surface area (Å²) in [4.78, 5) is 45.9. The average molecular weight is 496 g/mol. The molecule has 0 atom stereocenters. The van der Waals surface area contributed by atoms with Crippen molar-refractivity contribution in [3.8, 4) is 17.1 Å². The molecule has 9 heteroatoms. The van der Waals surface area contributed by atoms with E-state index in [0.29, 0.717) is 28.2 Å². The summed E-state index contributed by atoms with van der Waals surface area (Å²) >= 11 is 0. The number of aromatic amines is 1. The van der Waals surface area contributed by atoms with Gasteiger partial charge in [0.25, 0.3) is 11.5 Å². The van der Waals surface area contributed by atoms with E-state index >= 15 is 0 Å². The van der Waals surface area contributed by atoms with Crippen molar-refractivity contribution in [2.24, 2.45) is 7.05 Å². The van der Waals surface area contributed by atoms with E-state index in [9.17, 15) is 14.4 Å². The molecule has 0 aliphatic heterocycles. The molecule has 0 unspecified atom stereocenters. The zero-order valence-electron chi connectivity index (χ0n) is 20.6. The van der Waals surface area contributed by atoms with Crippen molar-refractivity contribution >= 4 is 28.6 Å². The normalized spacial score (nSPS) is 11.0. The van der Waals surface area contributed by atoms with E-state index in [1.54, 1.807) is 49.0 Å². The van der Waals surface area contributed by atoms with Gasteiger partial charge in [-0.15, -0.1) is 0 Å². The molecular formula is C28H25N5O4. The van der Waals surface area contributed by atoms with Crippen molar-refractivity contribution in [3.05, 3.63) is 100.0 Å². The Morgan fingerprint density at radius 3 is 2.46 bits per heavy atom. The van der Waals surface area contributed by atoms with E-state index in [-0.39, 0.29) is 16.8 Å². The number of benzene rings is 3. The molecule has 0 bridgehead atoms. The van der Waals surface area contributed by atoms with Gasteiger partial charge in [-0.1, -0.05) is 48.0 Å². The number of para-hydroxylation sites is 1. The number of aryl methyl sites for hydroxylation is 1. The van der Waals surface area contributed by atoms with Crippen molar-refractivity contribution in [3.63, 3.8) is 0 Å². The van der Waals surface area contributed by atoms with Crippen LogP contribution in [0.4, 0.5) is 5.69 Å². The van der Waals surface area contributed by atoms with Crippen LogP contribution in [-0.2, 0) is 16.6 Å². The number of rotatable bonds is 6. The Morgan fingerprint density at radius 1 is 1.00 bits per heavy atom. The van der Waals surface area contributed by atoms with Gasteiger partial charge in [-0.3, -0.25) is 14.3 Å². The number of nitrogens with one attached hydrogen (secondary N) is 2. The maximum Gasteiger partial charge on any atom is 0.338 e. The second-order valence-corrected chi connectivity index (χ2v) is 8.74. The van der Waals surface area contributed by atoms with E-state index in [2.05, 4.69) is 15.3 Å². The van der Waals surface area contributed by atoms with Crippen LogP contribution in [0.3, 0.4) is 0 Å². The Hall–Kier alpha value is -4.92. The first-order valence-corrected chi connectivity index (χ1v) is 11.7. The molecule has 2 aromatic heterocycles. The molecule has 5 aromatic rings. The third-order valence-corrected chi connectivity index (χ3v) is 6.20. The Bertz CT molecular complexity index is 1680. The van der Waals surface area contributed by atoms with Crippen molar-refractivity contribution in [1.29, 1.82) is 0 Å². The number of aromatic nitrogens is 4. The molecule has 1 amide bonds. The number of anilines is 1. The first kappa shape index (κ1) is 23.8. The highest BCUT2D eigenvalue weighted by molar-refractivity contribution is 5.97. The summed E-state index contributed by atoms with van der Waals surface area (Å²) in [5.41, 5.74) is 4.75. The van der Waals surface area contributed by atoms with Crippen molar-refractivity contribution in [2.75, 3.05) is 11.9 Å². The Balaban J connectivity index is 1.27. The molecule has 0 fully saturated rings. The molecular weight excluding hydrogens is 470 g/mol. The lowest BCUT2D eigenvalue weighted by Crippen LogP contribution is -2.25. The van der Waals surface area contributed by atoms with Crippen LogP contribution in [0.15, 0.2) is 77.6 Å². The van der Waals surface area contributed by atoms with Crippen LogP contribution >= 0.6 is 0 Å². The second kappa shape index (κ2) is 9.62. The third-order valence-electron chi connectivity index (χ3n) is 6.20. The van der Waals surface area contributed by atoms with Gasteiger partial charge in [0.2, 0.25) is 0 Å². The van der Waals surface area contributed by atoms with Crippen LogP contribution in [0.25, 0.3) is 28.1 Å². The van der Waals surface area contributed by atoms with Gasteiger partial charge in [0, 0.05) is 12.6 Å². The number of esters is 1. The third kappa shape index (κ3) is 4.66. The highest BCUT2D eigenvalue weighted by Gasteiger charge is 2.19. The summed E-state index contributed by atoms with van der Waals surface area (Å²) in [5.74, 6) is -0.571. The molecule has 0 aliphatic rings. The molecule has 0 radical (unpaired) electrons. The summed E-state index contributed by atoms with van der Waals surface area (Å²) in [6.45, 7) is 3.21. The molecule has 0 saturated heterocycles. The molecule has 9 nitrogen and oxygen atoms in total. The van der Waals surface area contributed by atoms with Crippen LogP contribution in [0.2, 0.25) is 0 Å². The summed E-state index contributed by atoms with van der Waals surface area (Å²) in [6.07, 6.45) is 0. The van der Waals surface area contributed by atoms with Gasteiger partial charge in [0.05, 0.1) is 28.0 Å².